The number of nitrogens with zero attached hydrogens (tertiary/aromatic N) is 2. The fourth-order valence-corrected chi connectivity index (χ4v) is 5.35. The van der Waals surface area contributed by atoms with Crippen molar-refractivity contribution in [3.05, 3.63) is 23.8 Å². The van der Waals surface area contributed by atoms with Crippen molar-refractivity contribution < 1.29 is 21.6 Å². The van der Waals surface area contributed by atoms with Crippen LogP contribution in [-0.4, -0.2) is 63.8 Å². The number of sulfonamides is 2. The Kier molecular flexibility index (Phi) is 4.41. The summed E-state index contributed by atoms with van der Waals surface area (Å²) < 4.78 is 51.6. The first-order valence-corrected chi connectivity index (χ1v) is 10.8. The highest BCUT2D eigenvalue weighted by Crippen LogP contribution is 2.27. The summed E-state index contributed by atoms with van der Waals surface area (Å²) in [5.41, 5.74) is 1.30. The van der Waals surface area contributed by atoms with Crippen molar-refractivity contribution in [1.29, 1.82) is 0 Å². The molecule has 1 aromatic carbocycles. The molecule has 2 heterocycles. The van der Waals surface area contributed by atoms with Crippen LogP contribution in [0.15, 0.2) is 23.1 Å². The monoisotopic (exact) mass is 373 g/mol. The Balaban J connectivity index is 1.84. The number of amides is 1. The first-order chi connectivity index (χ1) is 11.2. The van der Waals surface area contributed by atoms with Gasteiger partial charge in [-0.25, -0.2) is 21.1 Å². The zero-order valence-corrected chi connectivity index (χ0v) is 14.9. The van der Waals surface area contributed by atoms with E-state index in [1.54, 1.807) is 6.07 Å². The van der Waals surface area contributed by atoms with Gasteiger partial charge < -0.3 is 5.32 Å². The summed E-state index contributed by atoms with van der Waals surface area (Å²) >= 11 is 0. The van der Waals surface area contributed by atoms with Crippen molar-refractivity contribution in [2.45, 2.75) is 17.7 Å². The van der Waals surface area contributed by atoms with Gasteiger partial charge in [0.2, 0.25) is 26.0 Å². The van der Waals surface area contributed by atoms with E-state index in [0.29, 0.717) is 24.2 Å². The molecule has 1 saturated heterocycles. The normalized spacial score (nSPS) is 20.5. The summed E-state index contributed by atoms with van der Waals surface area (Å²) in [5, 5.41) is 2.67. The van der Waals surface area contributed by atoms with Crippen LogP contribution in [0.4, 0.5) is 5.69 Å². The SMILES string of the molecule is CS(=O)(=O)N1CCCN(S(=O)(=O)c2ccc3c(c2)CC(=O)N3)CC1. The second-order valence-corrected chi connectivity index (χ2v) is 9.88. The number of anilines is 1. The molecule has 0 spiro atoms. The maximum Gasteiger partial charge on any atom is 0.243 e. The van der Waals surface area contributed by atoms with Crippen LogP contribution in [0.1, 0.15) is 12.0 Å². The van der Waals surface area contributed by atoms with E-state index in [2.05, 4.69) is 5.32 Å². The Bertz CT molecular complexity index is 880. The summed E-state index contributed by atoms with van der Waals surface area (Å²) in [5.74, 6) is -0.155. The average Bonchev–Trinajstić information content (AvgIpc) is 2.70. The first-order valence-electron chi connectivity index (χ1n) is 7.56. The van der Waals surface area contributed by atoms with E-state index in [0.717, 1.165) is 6.26 Å². The van der Waals surface area contributed by atoms with Crippen molar-refractivity contribution in [2.75, 3.05) is 37.8 Å². The molecule has 0 unspecified atom stereocenters. The zero-order chi connectivity index (χ0) is 17.5. The highest BCUT2D eigenvalue weighted by Gasteiger charge is 2.30. The van der Waals surface area contributed by atoms with Gasteiger partial charge in [-0.1, -0.05) is 0 Å². The molecule has 0 atom stereocenters. The highest BCUT2D eigenvalue weighted by molar-refractivity contribution is 7.89. The van der Waals surface area contributed by atoms with Gasteiger partial charge in [0.1, 0.15) is 0 Å². The molecule has 1 fully saturated rings. The lowest BCUT2D eigenvalue weighted by atomic mass is 10.2. The molecule has 1 N–H and O–H groups in total. The van der Waals surface area contributed by atoms with Crippen LogP contribution >= 0.6 is 0 Å². The molecule has 24 heavy (non-hydrogen) atoms. The highest BCUT2D eigenvalue weighted by atomic mass is 32.2. The van der Waals surface area contributed by atoms with Crippen LogP contribution in [0.25, 0.3) is 0 Å². The van der Waals surface area contributed by atoms with Crippen LogP contribution in [0.3, 0.4) is 0 Å². The maximum absolute atomic E-state index is 12.8. The van der Waals surface area contributed by atoms with E-state index in [9.17, 15) is 21.6 Å². The van der Waals surface area contributed by atoms with Gasteiger partial charge in [0.15, 0.2) is 0 Å². The summed E-state index contributed by atoms with van der Waals surface area (Å²) in [6.45, 7) is 0.836. The molecule has 2 aliphatic rings. The van der Waals surface area contributed by atoms with E-state index < -0.39 is 20.0 Å². The predicted molar refractivity (Wildman–Crippen MR) is 88.6 cm³/mol. The first kappa shape index (κ1) is 17.3. The molecule has 3 rings (SSSR count). The lowest BCUT2D eigenvalue weighted by molar-refractivity contribution is -0.115. The Morgan fingerprint density at radius 1 is 1.00 bits per heavy atom. The number of hydrogen-bond acceptors (Lipinski definition) is 5. The van der Waals surface area contributed by atoms with Crippen LogP contribution in [-0.2, 0) is 31.3 Å². The van der Waals surface area contributed by atoms with Crippen LogP contribution < -0.4 is 5.32 Å². The summed E-state index contributed by atoms with van der Waals surface area (Å²) in [6.07, 6.45) is 1.74. The third kappa shape index (κ3) is 3.32. The van der Waals surface area contributed by atoms with Gasteiger partial charge >= 0.3 is 0 Å². The quantitative estimate of drug-likeness (QED) is 0.793. The van der Waals surface area contributed by atoms with Gasteiger partial charge in [0, 0.05) is 31.9 Å². The number of benzene rings is 1. The second-order valence-electron chi connectivity index (χ2n) is 5.96. The molecule has 0 aromatic heterocycles. The minimum absolute atomic E-state index is 0.115. The molecule has 10 heteroatoms. The van der Waals surface area contributed by atoms with Gasteiger partial charge in [-0.15, -0.1) is 0 Å². The molecule has 2 aliphatic heterocycles. The average molecular weight is 373 g/mol. The van der Waals surface area contributed by atoms with E-state index in [-0.39, 0.29) is 36.9 Å². The zero-order valence-electron chi connectivity index (χ0n) is 13.2. The van der Waals surface area contributed by atoms with E-state index >= 15 is 0 Å². The van der Waals surface area contributed by atoms with Gasteiger partial charge in [-0.2, -0.15) is 4.31 Å². The molecule has 1 aromatic rings. The van der Waals surface area contributed by atoms with Crippen molar-refractivity contribution in [1.82, 2.24) is 8.61 Å². The number of rotatable bonds is 3. The van der Waals surface area contributed by atoms with Gasteiger partial charge in [-0.05, 0) is 30.2 Å². The van der Waals surface area contributed by atoms with Crippen molar-refractivity contribution in [2.24, 2.45) is 0 Å². The number of fused-ring (bicyclic) bond motifs is 1. The Morgan fingerprint density at radius 2 is 1.67 bits per heavy atom. The van der Waals surface area contributed by atoms with Crippen molar-refractivity contribution in [3.63, 3.8) is 0 Å². The van der Waals surface area contributed by atoms with Crippen LogP contribution in [0, 0.1) is 0 Å². The van der Waals surface area contributed by atoms with E-state index in [1.807, 2.05) is 0 Å². The predicted octanol–water partition coefficient (Wildman–Crippen LogP) is -0.163. The Labute approximate surface area is 141 Å². The smallest absolute Gasteiger partial charge is 0.243 e. The Hall–Kier alpha value is -1.49. The standard InChI is InChI=1S/C14H19N3O5S2/c1-23(19,20)16-5-2-6-17(8-7-16)24(21,22)12-3-4-13-11(9-12)10-14(18)15-13/h3-4,9H,2,5-8,10H2,1H3,(H,15,18). The number of carbonyl (C=O) groups excluding carboxylic acids is 1. The van der Waals surface area contributed by atoms with Gasteiger partial charge in [0.05, 0.1) is 17.6 Å². The minimum atomic E-state index is -3.72. The van der Waals surface area contributed by atoms with Gasteiger partial charge in [-0.3, -0.25) is 4.79 Å². The molecule has 0 aliphatic carbocycles. The topological polar surface area (TPSA) is 104 Å². The van der Waals surface area contributed by atoms with E-state index in [4.69, 9.17) is 0 Å². The molecule has 1 amide bonds. The molecule has 0 bridgehead atoms. The van der Waals surface area contributed by atoms with E-state index in [1.165, 1.54) is 20.7 Å². The lowest BCUT2D eigenvalue weighted by Crippen LogP contribution is -2.36. The van der Waals surface area contributed by atoms with Gasteiger partial charge in [0.25, 0.3) is 0 Å². The number of hydrogen-bond donors (Lipinski definition) is 1. The van der Waals surface area contributed by atoms with Crippen molar-refractivity contribution in [3.8, 4) is 0 Å². The Morgan fingerprint density at radius 3 is 2.38 bits per heavy atom. The fourth-order valence-electron chi connectivity index (χ4n) is 2.96. The molecule has 0 saturated carbocycles. The molecular weight excluding hydrogens is 354 g/mol. The summed E-state index contributed by atoms with van der Waals surface area (Å²) in [6, 6.07) is 4.58. The molecular formula is C14H19N3O5S2. The third-order valence-electron chi connectivity index (χ3n) is 4.22. The second kappa shape index (κ2) is 6.10. The third-order valence-corrected chi connectivity index (χ3v) is 7.42. The summed E-state index contributed by atoms with van der Waals surface area (Å²) in [7, 11) is -7.05. The molecule has 132 valence electrons. The lowest BCUT2D eigenvalue weighted by Gasteiger charge is -2.21. The molecule has 0 radical (unpaired) electrons. The largest absolute Gasteiger partial charge is 0.326 e. The van der Waals surface area contributed by atoms with Crippen molar-refractivity contribution >= 4 is 31.6 Å². The number of nitrogens with one attached hydrogen (secondary N) is 1. The van der Waals surface area contributed by atoms with Crippen LogP contribution in [0.5, 0.6) is 0 Å². The summed E-state index contributed by atoms with van der Waals surface area (Å²) in [4.78, 5) is 11.5. The number of carbonyl (C=O) groups is 1. The fraction of sp³-hybridized carbons (Fsp3) is 0.500. The maximum atomic E-state index is 12.8. The molecule has 8 nitrogen and oxygen atoms in total. The van der Waals surface area contributed by atoms with Crippen LogP contribution in [0.2, 0.25) is 0 Å². The minimum Gasteiger partial charge on any atom is -0.326 e.